The Balaban J connectivity index is 1.67. The number of hydrogen-bond donors (Lipinski definition) is 1. The number of benzene rings is 2. The van der Waals surface area contributed by atoms with E-state index in [0.717, 1.165) is 23.0 Å². The number of nitrogens with one attached hydrogen (secondary N) is 1. The van der Waals surface area contributed by atoms with Gasteiger partial charge in [-0.1, -0.05) is 47.6 Å². The van der Waals surface area contributed by atoms with E-state index in [2.05, 4.69) is 15.5 Å². The van der Waals surface area contributed by atoms with Gasteiger partial charge >= 0.3 is 0 Å². The van der Waals surface area contributed by atoms with Gasteiger partial charge in [0.1, 0.15) is 5.82 Å². The Labute approximate surface area is 159 Å². The van der Waals surface area contributed by atoms with Crippen LogP contribution in [0.4, 0.5) is 10.1 Å². The van der Waals surface area contributed by atoms with E-state index in [4.69, 9.17) is 11.6 Å². The molecule has 26 heavy (non-hydrogen) atoms. The molecule has 5 nitrogen and oxygen atoms in total. The summed E-state index contributed by atoms with van der Waals surface area (Å²) in [6.45, 7) is 2.01. The van der Waals surface area contributed by atoms with Crippen molar-refractivity contribution in [3.05, 3.63) is 58.9 Å². The number of thioether (sulfide) groups is 1. The summed E-state index contributed by atoms with van der Waals surface area (Å²) in [7, 11) is 1.86. The van der Waals surface area contributed by atoms with E-state index in [9.17, 15) is 9.18 Å². The van der Waals surface area contributed by atoms with Crippen LogP contribution in [0, 0.1) is 12.7 Å². The van der Waals surface area contributed by atoms with E-state index in [1.165, 1.54) is 23.9 Å². The molecule has 1 amide bonds. The Morgan fingerprint density at radius 2 is 2.04 bits per heavy atom. The molecular formula is C18H16ClFN4OS. The zero-order valence-corrected chi connectivity index (χ0v) is 15.7. The zero-order valence-electron chi connectivity index (χ0n) is 14.2. The van der Waals surface area contributed by atoms with Gasteiger partial charge in [0.05, 0.1) is 16.5 Å². The number of amides is 1. The number of aromatic nitrogens is 3. The fraction of sp³-hybridized carbons (Fsp3) is 0.167. The number of aryl methyl sites for hydroxylation is 1. The molecule has 0 aliphatic rings. The standard InChI is InChI=1S/C18H16ClFN4OS/c1-11-5-3-4-6-13(11)17-22-23-18(24(17)2)26-10-16(25)21-15-8-7-12(20)9-14(15)19/h3-9H,10H2,1-2H3,(H,21,25). The van der Waals surface area contributed by atoms with Crippen LogP contribution in [0.3, 0.4) is 0 Å². The lowest BCUT2D eigenvalue weighted by Crippen LogP contribution is -2.14. The molecule has 0 fully saturated rings. The third-order valence-corrected chi connectivity index (χ3v) is 5.09. The first-order valence-electron chi connectivity index (χ1n) is 7.79. The molecule has 8 heteroatoms. The summed E-state index contributed by atoms with van der Waals surface area (Å²) in [5, 5.41) is 11.8. The monoisotopic (exact) mass is 390 g/mol. The van der Waals surface area contributed by atoms with E-state index < -0.39 is 5.82 Å². The normalized spacial score (nSPS) is 10.8. The highest BCUT2D eigenvalue weighted by molar-refractivity contribution is 7.99. The molecule has 0 aliphatic carbocycles. The van der Waals surface area contributed by atoms with Gasteiger partial charge in [-0.3, -0.25) is 4.79 Å². The molecule has 1 N–H and O–H groups in total. The van der Waals surface area contributed by atoms with Crippen LogP contribution >= 0.6 is 23.4 Å². The summed E-state index contributed by atoms with van der Waals surface area (Å²) in [6.07, 6.45) is 0. The van der Waals surface area contributed by atoms with Crippen molar-refractivity contribution in [2.24, 2.45) is 7.05 Å². The van der Waals surface area contributed by atoms with Crippen molar-refractivity contribution in [1.82, 2.24) is 14.8 Å². The van der Waals surface area contributed by atoms with Crippen molar-refractivity contribution in [3.8, 4) is 11.4 Å². The van der Waals surface area contributed by atoms with Crippen molar-refractivity contribution in [1.29, 1.82) is 0 Å². The minimum Gasteiger partial charge on any atom is -0.324 e. The van der Waals surface area contributed by atoms with Gasteiger partial charge in [-0.25, -0.2) is 4.39 Å². The van der Waals surface area contributed by atoms with Crippen LogP contribution in [0.15, 0.2) is 47.6 Å². The number of hydrogen-bond acceptors (Lipinski definition) is 4. The minimum atomic E-state index is -0.454. The van der Waals surface area contributed by atoms with Crippen LogP contribution in [0.25, 0.3) is 11.4 Å². The third kappa shape index (κ3) is 4.05. The van der Waals surface area contributed by atoms with Crippen LogP contribution < -0.4 is 5.32 Å². The smallest absolute Gasteiger partial charge is 0.234 e. The van der Waals surface area contributed by atoms with Gasteiger partial charge in [-0.05, 0) is 30.7 Å². The second-order valence-corrected chi connectivity index (χ2v) is 6.99. The molecular weight excluding hydrogens is 375 g/mol. The Morgan fingerprint density at radius 1 is 1.27 bits per heavy atom. The zero-order chi connectivity index (χ0) is 18.7. The molecule has 0 aliphatic heterocycles. The number of nitrogens with zero attached hydrogens (tertiary/aromatic N) is 3. The maximum atomic E-state index is 13.1. The molecule has 0 atom stereocenters. The van der Waals surface area contributed by atoms with E-state index in [0.29, 0.717) is 10.8 Å². The number of carbonyl (C=O) groups is 1. The van der Waals surface area contributed by atoms with Crippen LogP contribution in [0.2, 0.25) is 5.02 Å². The van der Waals surface area contributed by atoms with Crippen molar-refractivity contribution in [3.63, 3.8) is 0 Å². The van der Waals surface area contributed by atoms with Crippen LogP contribution in [0.5, 0.6) is 0 Å². The summed E-state index contributed by atoms with van der Waals surface area (Å²) in [5.74, 6) is 0.162. The second-order valence-electron chi connectivity index (χ2n) is 5.64. The van der Waals surface area contributed by atoms with E-state index in [1.807, 2.05) is 42.8 Å². The molecule has 134 valence electrons. The molecule has 1 aromatic heterocycles. The third-order valence-electron chi connectivity index (χ3n) is 3.76. The summed E-state index contributed by atoms with van der Waals surface area (Å²) in [4.78, 5) is 12.1. The van der Waals surface area contributed by atoms with Gasteiger partial charge in [0, 0.05) is 12.6 Å². The minimum absolute atomic E-state index is 0.132. The summed E-state index contributed by atoms with van der Waals surface area (Å²) in [5.41, 5.74) is 2.47. The summed E-state index contributed by atoms with van der Waals surface area (Å²) in [6, 6.07) is 11.7. The maximum absolute atomic E-state index is 13.1. The average molecular weight is 391 g/mol. The highest BCUT2D eigenvalue weighted by atomic mass is 35.5. The largest absolute Gasteiger partial charge is 0.324 e. The summed E-state index contributed by atoms with van der Waals surface area (Å²) < 4.78 is 14.9. The van der Waals surface area contributed by atoms with Crippen molar-refractivity contribution in [2.75, 3.05) is 11.1 Å². The predicted octanol–water partition coefficient (Wildman–Crippen LogP) is 4.31. The molecule has 0 spiro atoms. The molecule has 0 saturated heterocycles. The first kappa shape index (κ1) is 18.4. The Hall–Kier alpha value is -2.38. The number of halogens is 2. The van der Waals surface area contributed by atoms with Gasteiger partial charge in [0.15, 0.2) is 11.0 Å². The molecule has 2 aromatic carbocycles. The quantitative estimate of drug-likeness (QED) is 0.659. The fourth-order valence-corrected chi connectivity index (χ4v) is 3.33. The van der Waals surface area contributed by atoms with Crippen molar-refractivity contribution < 1.29 is 9.18 Å². The van der Waals surface area contributed by atoms with Crippen LogP contribution in [-0.4, -0.2) is 26.4 Å². The Morgan fingerprint density at radius 3 is 2.77 bits per heavy atom. The van der Waals surface area contributed by atoms with Crippen molar-refractivity contribution in [2.45, 2.75) is 12.1 Å². The van der Waals surface area contributed by atoms with Gasteiger partial charge in [0.25, 0.3) is 0 Å². The van der Waals surface area contributed by atoms with Gasteiger partial charge < -0.3 is 9.88 Å². The first-order chi connectivity index (χ1) is 12.5. The predicted molar refractivity (Wildman–Crippen MR) is 102 cm³/mol. The molecule has 0 radical (unpaired) electrons. The van der Waals surface area contributed by atoms with Gasteiger partial charge in [0.2, 0.25) is 5.91 Å². The highest BCUT2D eigenvalue weighted by Crippen LogP contribution is 2.26. The van der Waals surface area contributed by atoms with E-state index in [-0.39, 0.29) is 16.7 Å². The topological polar surface area (TPSA) is 59.8 Å². The lowest BCUT2D eigenvalue weighted by atomic mass is 10.1. The highest BCUT2D eigenvalue weighted by Gasteiger charge is 2.14. The SMILES string of the molecule is Cc1ccccc1-c1nnc(SCC(=O)Nc2ccc(F)cc2Cl)n1C. The molecule has 0 bridgehead atoms. The first-order valence-corrected chi connectivity index (χ1v) is 9.15. The van der Waals surface area contributed by atoms with Crippen LogP contribution in [0.1, 0.15) is 5.56 Å². The number of carbonyl (C=O) groups excluding carboxylic acids is 1. The van der Waals surface area contributed by atoms with E-state index >= 15 is 0 Å². The van der Waals surface area contributed by atoms with Crippen molar-refractivity contribution >= 4 is 35.0 Å². The fourth-order valence-electron chi connectivity index (χ4n) is 2.41. The Kier molecular flexibility index (Phi) is 5.58. The molecule has 0 saturated carbocycles. The number of rotatable bonds is 5. The molecule has 3 aromatic rings. The molecule has 1 heterocycles. The molecule has 3 rings (SSSR count). The van der Waals surface area contributed by atoms with Gasteiger partial charge in [-0.15, -0.1) is 10.2 Å². The summed E-state index contributed by atoms with van der Waals surface area (Å²) >= 11 is 7.18. The lowest BCUT2D eigenvalue weighted by Gasteiger charge is -2.08. The maximum Gasteiger partial charge on any atom is 0.234 e. The number of anilines is 1. The molecule has 0 unspecified atom stereocenters. The van der Waals surface area contributed by atoms with E-state index in [1.54, 1.807) is 0 Å². The van der Waals surface area contributed by atoms with Gasteiger partial charge in [-0.2, -0.15) is 0 Å². The second kappa shape index (κ2) is 7.88. The average Bonchev–Trinajstić information content (AvgIpc) is 2.97. The van der Waals surface area contributed by atoms with Crippen LogP contribution in [-0.2, 0) is 11.8 Å². The lowest BCUT2D eigenvalue weighted by molar-refractivity contribution is -0.113. The Bertz CT molecular complexity index is 960.